The predicted molar refractivity (Wildman–Crippen MR) is 88.7 cm³/mol. The van der Waals surface area contributed by atoms with Gasteiger partial charge in [-0.3, -0.25) is 9.48 Å². The lowest BCUT2D eigenvalue weighted by molar-refractivity contribution is -0.120. The van der Waals surface area contributed by atoms with Crippen LogP contribution in [0.2, 0.25) is 0 Å². The molecule has 0 bridgehead atoms. The zero-order chi connectivity index (χ0) is 16.9. The fourth-order valence-electron chi connectivity index (χ4n) is 2.43. The minimum Gasteiger partial charge on any atom is -0.393 e. The smallest absolute Gasteiger partial charge is 0.224 e. The van der Waals surface area contributed by atoms with E-state index in [1.165, 1.54) is 0 Å². The first-order valence-electron chi connectivity index (χ1n) is 8.20. The third-order valence-corrected chi connectivity index (χ3v) is 3.94. The zero-order valence-corrected chi connectivity index (χ0v) is 14.8. The number of rotatable bonds is 8. The van der Waals surface area contributed by atoms with E-state index in [1.807, 2.05) is 32.4 Å². The number of aliphatic hydroxyl groups is 1. The summed E-state index contributed by atoms with van der Waals surface area (Å²) in [5, 5.41) is 17.2. The van der Waals surface area contributed by atoms with Gasteiger partial charge in [-0.15, -0.1) is 0 Å². The Kier molecular flexibility index (Phi) is 7.07. The second-order valence-corrected chi connectivity index (χ2v) is 6.85. The molecule has 1 amide bonds. The highest BCUT2D eigenvalue weighted by atomic mass is 16.3. The average molecular weight is 309 g/mol. The third kappa shape index (κ3) is 5.44. The van der Waals surface area contributed by atoms with Gasteiger partial charge in [-0.25, -0.2) is 0 Å². The maximum atomic E-state index is 12.1. The third-order valence-electron chi connectivity index (χ3n) is 3.94. The van der Waals surface area contributed by atoms with Crippen molar-refractivity contribution in [2.75, 3.05) is 6.54 Å². The second-order valence-electron chi connectivity index (χ2n) is 6.85. The maximum Gasteiger partial charge on any atom is 0.224 e. The van der Waals surface area contributed by atoms with Crippen molar-refractivity contribution in [2.45, 2.75) is 67.0 Å². The van der Waals surface area contributed by atoms with E-state index in [1.54, 1.807) is 0 Å². The van der Waals surface area contributed by atoms with Crippen molar-refractivity contribution < 1.29 is 9.90 Å². The fourth-order valence-corrected chi connectivity index (χ4v) is 2.43. The van der Waals surface area contributed by atoms with Gasteiger partial charge in [0.1, 0.15) is 0 Å². The lowest BCUT2D eigenvalue weighted by atomic mass is 10.0. The number of hydrogen-bond acceptors (Lipinski definition) is 3. The molecular formula is C17H31N3O2. The quantitative estimate of drug-likeness (QED) is 0.774. The van der Waals surface area contributed by atoms with Crippen LogP contribution in [0.5, 0.6) is 0 Å². The maximum absolute atomic E-state index is 12.1. The Morgan fingerprint density at radius 1 is 1.27 bits per heavy atom. The van der Waals surface area contributed by atoms with Crippen LogP contribution in [-0.4, -0.2) is 33.4 Å². The molecule has 1 atom stereocenters. The van der Waals surface area contributed by atoms with Crippen LogP contribution in [0.25, 0.3) is 0 Å². The van der Waals surface area contributed by atoms with Crippen LogP contribution in [0.1, 0.15) is 51.1 Å². The Morgan fingerprint density at radius 3 is 2.45 bits per heavy atom. The summed E-state index contributed by atoms with van der Waals surface area (Å²) < 4.78 is 1.99. The lowest BCUT2D eigenvalue weighted by Crippen LogP contribution is -2.30. The van der Waals surface area contributed by atoms with E-state index in [2.05, 4.69) is 24.3 Å². The van der Waals surface area contributed by atoms with E-state index in [-0.39, 0.29) is 17.9 Å². The van der Waals surface area contributed by atoms with Gasteiger partial charge in [0, 0.05) is 24.3 Å². The molecule has 2 N–H and O–H groups in total. The Hall–Kier alpha value is -1.36. The molecule has 0 saturated heterocycles. The molecule has 0 aliphatic carbocycles. The SMILES string of the molecule is Cc1nn(CC(C)C)c(C)c1CC(=O)NCCC(O)C(C)C. The molecule has 0 saturated carbocycles. The van der Waals surface area contributed by atoms with Gasteiger partial charge in [0.15, 0.2) is 0 Å². The van der Waals surface area contributed by atoms with E-state index < -0.39 is 0 Å². The molecule has 22 heavy (non-hydrogen) atoms. The van der Waals surface area contributed by atoms with E-state index in [9.17, 15) is 9.90 Å². The summed E-state index contributed by atoms with van der Waals surface area (Å²) in [5.41, 5.74) is 3.02. The zero-order valence-electron chi connectivity index (χ0n) is 14.8. The molecule has 0 fully saturated rings. The molecule has 126 valence electrons. The van der Waals surface area contributed by atoms with Crippen LogP contribution in [-0.2, 0) is 17.8 Å². The minimum absolute atomic E-state index is 0.00810. The van der Waals surface area contributed by atoms with E-state index in [0.29, 0.717) is 25.3 Å². The van der Waals surface area contributed by atoms with Gasteiger partial charge >= 0.3 is 0 Å². The Bertz CT molecular complexity index is 492. The number of carbonyl (C=O) groups excluding carboxylic acids is 1. The molecule has 1 heterocycles. The summed E-state index contributed by atoms with van der Waals surface area (Å²) in [6.45, 7) is 13.6. The van der Waals surface area contributed by atoms with Gasteiger partial charge in [-0.1, -0.05) is 27.7 Å². The van der Waals surface area contributed by atoms with Gasteiger partial charge < -0.3 is 10.4 Å². The van der Waals surface area contributed by atoms with Crippen molar-refractivity contribution in [3.05, 3.63) is 17.0 Å². The molecule has 0 aromatic carbocycles. The summed E-state index contributed by atoms with van der Waals surface area (Å²) in [7, 11) is 0. The lowest BCUT2D eigenvalue weighted by Gasteiger charge is -2.14. The van der Waals surface area contributed by atoms with Gasteiger partial charge in [-0.05, 0) is 32.1 Å². The molecule has 1 aromatic rings. The van der Waals surface area contributed by atoms with Crippen LogP contribution in [0, 0.1) is 25.7 Å². The molecule has 0 aliphatic rings. The molecule has 1 aromatic heterocycles. The Morgan fingerprint density at radius 2 is 1.91 bits per heavy atom. The first kappa shape index (κ1) is 18.7. The van der Waals surface area contributed by atoms with E-state index >= 15 is 0 Å². The minimum atomic E-state index is -0.363. The van der Waals surface area contributed by atoms with Crippen molar-refractivity contribution in [2.24, 2.45) is 11.8 Å². The highest BCUT2D eigenvalue weighted by Crippen LogP contribution is 2.15. The average Bonchev–Trinajstić information content (AvgIpc) is 2.65. The molecule has 0 radical (unpaired) electrons. The summed E-state index contributed by atoms with van der Waals surface area (Å²) in [5.74, 6) is 0.735. The first-order chi connectivity index (χ1) is 10.2. The van der Waals surface area contributed by atoms with E-state index in [0.717, 1.165) is 23.5 Å². The number of nitrogens with one attached hydrogen (secondary N) is 1. The Labute approximate surface area is 134 Å². The van der Waals surface area contributed by atoms with Crippen LogP contribution in [0.3, 0.4) is 0 Å². The highest BCUT2D eigenvalue weighted by Gasteiger charge is 2.16. The molecule has 0 spiro atoms. The number of carbonyl (C=O) groups is 1. The normalized spacial score (nSPS) is 13.0. The van der Waals surface area contributed by atoms with Crippen molar-refractivity contribution in [3.63, 3.8) is 0 Å². The summed E-state index contributed by atoms with van der Waals surface area (Å²) in [6, 6.07) is 0. The van der Waals surface area contributed by atoms with Crippen molar-refractivity contribution in [1.82, 2.24) is 15.1 Å². The Balaban J connectivity index is 2.56. The van der Waals surface area contributed by atoms with Crippen molar-refractivity contribution in [1.29, 1.82) is 0 Å². The molecular weight excluding hydrogens is 278 g/mol. The number of aromatic nitrogens is 2. The molecule has 5 heteroatoms. The highest BCUT2D eigenvalue weighted by molar-refractivity contribution is 5.79. The topological polar surface area (TPSA) is 67.2 Å². The van der Waals surface area contributed by atoms with Crippen LogP contribution in [0.4, 0.5) is 0 Å². The molecule has 5 nitrogen and oxygen atoms in total. The van der Waals surface area contributed by atoms with Crippen LogP contribution in [0.15, 0.2) is 0 Å². The number of aliphatic hydroxyl groups excluding tert-OH is 1. The first-order valence-corrected chi connectivity index (χ1v) is 8.20. The monoisotopic (exact) mass is 309 g/mol. The number of hydrogen-bond donors (Lipinski definition) is 2. The van der Waals surface area contributed by atoms with Crippen molar-refractivity contribution in [3.8, 4) is 0 Å². The number of amides is 1. The van der Waals surface area contributed by atoms with Gasteiger partial charge in [0.05, 0.1) is 18.2 Å². The number of nitrogens with zero attached hydrogens (tertiary/aromatic N) is 2. The summed E-state index contributed by atoms with van der Waals surface area (Å²) >= 11 is 0. The van der Waals surface area contributed by atoms with E-state index in [4.69, 9.17) is 0 Å². The largest absolute Gasteiger partial charge is 0.393 e. The van der Waals surface area contributed by atoms with Crippen LogP contribution >= 0.6 is 0 Å². The van der Waals surface area contributed by atoms with Gasteiger partial charge in [-0.2, -0.15) is 5.10 Å². The molecule has 1 rings (SSSR count). The number of aryl methyl sites for hydroxylation is 1. The summed E-state index contributed by atoms with van der Waals surface area (Å²) in [4.78, 5) is 12.1. The van der Waals surface area contributed by atoms with Gasteiger partial charge in [0.25, 0.3) is 0 Å². The summed E-state index contributed by atoms with van der Waals surface area (Å²) in [6.07, 6.45) is 0.583. The van der Waals surface area contributed by atoms with Crippen molar-refractivity contribution >= 4 is 5.91 Å². The molecule has 0 aliphatic heterocycles. The second kappa shape index (κ2) is 8.32. The predicted octanol–water partition coefficient (Wildman–Crippen LogP) is 2.22. The van der Waals surface area contributed by atoms with Crippen LogP contribution < -0.4 is 5.32 Å². The fraction of sp³-hybridized carbons (Fsp3) is 0.765. The van der Waals surface area contributed by atoms with Gasteiger partial charge in [0.2, 0.25) is 5.91 Å². The molecule has 1 unspecified atom stereocenters. The standard InChI is InChI=1S/C17H31N3O2/c1-11(2)10-20-14(6)15(13(5)19-20)9-17(22)18-8-7-16(21)12(3)4/h11-12,16,21H,7-10H2,1-6H3,(H,18,22).